The summed E-state index contributed by atoms with van der Waals surface area (Å²) in [5.74, 6) is 0. The number of halogens is 1. The molecule has 2 aromatic rings. The molecule has 0 spiro atoms. The van der Waals surface area contributed by atoms with Crippen molar-refractivity contribution in [2.24, 2.45) is 0 Å². The van der Waals surface area contributed by atoms with E-state index >= 15 is 0 Å². The minimum absolute atomic E-state index is 0.811. The van der Waals surface area contributed by atoms with E-state index in [1.165, 1.54) is 24.0 Å². The van der Waals surface area contributed by atoms with Gasteiger partial charge in [-0.05, 0) is 61.1 Å². The van der Waals surface area contributed by atoms with E-state index in [0.29, 0.717) is 0 Å². The van der Waals surface area contributed by atoms with Gasteiger partial charge >= 0.3 is 0 Å². The summed E-state index contributed by atoms with van der Waals surface area (Å²) in [5.41, 5.74) is 2.74. The predicted octanol–water partition coefficient (Wildman–Crippen LogP) is 4.30. The Morgan fingerprint density at radius 3 is 1.88 bits per heavy atom. The zero-order valence-electron chi connectivity index (χ0n) is 9.77. The smallest absolute Gasteiger partial charge is 0.0406 e. The molecule has 0 saturated heterocycles. The van der Waals surface area contributed by atoms with E-state index in [-0.39, 0.29) is 0 Å². The summed E-state index contributed by atoms with van der Waals surface area (Å²) in [6.45, 7) is 0. The average Bonchev–Trinajstić information content (AvgIpc) is 2.38. The molecule has 0 bridgehead atoms. The topological polar surface area (TPSA) is 12.9 Å². The number of unbranched alkanes of at least 4 members (excludes halogenated alkanes) is 1. The first-order chi connectivity index (χ1) is 8.34. The second-order valence-corrected chi connectivity index (χ2v) is 4.63. The van der Waals surface area contributed by atoms with Crippen LogP contribution >= 0.6 is 11.6 Å². The molecule has 1 nitrogen and oxygen atoms in total. The van der Waals surface area contributed by atoms with Crippen LogP contribution in [0.3, 0.4) is 0 Å². The fourth-order valence-corrected chi connectivity index (χ4v) is 1.98. The van der Waals surface area contributed by atoms with E-state index in [0.717, 1.165) is 17.9 Å². The van der Waals surface area contributed by atoms with Gasteiger partial charge in [0, 0.05) is 17.4 Å². The van der Waals surface area contributed by atoms with E-state index in [1.54, 1.807) is 0 Å². The molecule has 1 heterocycles. The van der Waals surface area contributed by atoms with E-state index in [4.69, 9.17) is 11.6 Å². The summed E-state index contributed by atoms with van der Waals surface area (Å²) in [6.07, 6.45) is 8.40. The Morgan fingerprint density at radius 2 is 1.29 bits per heavy atom. The summed E-state index contributed by atoms with van der Waals surface area (Å²) in [5, 5.41) is 0.811. The van der Waals surface area contributed by atoms with Gasteiger partial charge in [0.1, 0.15) is 0 Å². The number of hydrogen-bond acceptors (Lipinski definition) is 1. The zero-order chi connectivity index (χ0) is 11.9. The second kappa shape index (κ2) is 6.41. The molecule has 17 heavy (non-hydrogen) atoms. The van der Waals surface area contributed by atoms with Gasteiger partial charge in [0.2, 0.25) is 0 Å². The van der Waals surface area contributed by atoms with Gasteiger partial charge in [-0.15, -0.1) is 0 Å². The largest absolute Gasteiger partial charge is 0.265 e. The maximum absolute atomic E-state index is 5.85. The highest BCUT2D eigenvalue weighted by molar-refractivity contribution is 6.30. The zero-order valence-corrected chi connectivity index (χ0v) is 10.5. The molecular weight excluding hydrogens is 230 g/mol. The Morgan fingerprint density at radius 1 is 0.765 bits per heavy atom. The molecule has 0 unspecified atom stereocenters. The van der Waals surface area contributed by atoms with Gasteiger partial charge in [-0.25, -0.2) is 0 Å². The molecule has 2 heteroatoms. The van der Waals surface area contributed by atoms with Crippen molar-refractivity contribution < 1.29 is 0 Å². The number of hydrogen-bond donors (Lipinski definition) is 0. The summed E-state index contributed by atoms with van der Waals surface area (Å²) in [4.78, 5) is 4.02. The molecule has 1 aromatic carbocycles. The Kier molecular flexibility index (Phi) is 4.57. The summed E-state index contributed by atoms with van der Waals surface area (Å²) < 4.78 is 0. The minimum Gasteiger partial charge on any atom is -0.265 e. The molecule has 0 saturated carbocycles. The lowest BCUT2D eigenvalue weighted by molar-refractivity contribution is 0.734. The highest BCUT2D eigenvalue weighted by Gasteiger charge is 1.95. The van der Waals surface area contributed by atoms with Crippen LogP contribution in [0.15, 0.2) is 48.8 Å². The fourth-order valence-electron chi connectivity index (χ4n) is 1.86. The molecule has 1 aromatic heterocycles. The molecule has 0 atom stereocenters. The monoisotopic (exact) mass is 245 g/mol. The maximum Gasteiger partial charge on any atom is 0.0406 e. The Balaban J connectivity index is 1.71. The quantitative estimate of drug-likeness (QED) is 0.716. The molecule has 2 rings (SSSR count). The van der Waals surface area contributed by atoms with Crippen molar-refractivity contribution in [2.45, 2.75) is 25.7 Å². The van der Waals surface area contributed by atoms with E-state index < -0.39 is 0 Å². The first-order valence-corrected chi connectivity index (χ1v) is 6.36. The normalized spacial score (nSPS) is 10.4. The van der Waals surface area contributed by atoms with E-state index in [1.807, 2.05) is 24.5 Å². The molecule has 0 aliphatic rings. The first kappa shape index (κ1) is 12.1. The van der Waals surface area contributed by atoms with Crippen LogP contribution in [-0.2, 0) is 12.8 Å². The van der Waals surface area contributed by atoms with Gasteiger partial charge < -0.3 is 0 Å². The molecule has 0 aliphatic heterocycles. The summed E-state index contributed by atoms with van der Waals surface area (Å²) in [7, 11) is 0. The lowest BCUT2D eigenvalue weighted by atomic mass is 10.0. The van der Waals surface area contributed by atoms with Crippen molar-refractivity contribution in [1.29, 1.82) is 0 Å². The van der Waals surface area contributed by atoms with Crippen molar-refractivity contribution in [2.75, 3.05) is 0 Å². The van der Waals surface area contributed by atoms with Gasteiger partial charge in [-0.3, -0.25) is 4.98 Å². The Bertz CT molecular complexity index is 436. The SMILES string of the molecule is Clc1ccc(CCCCc2ccncc2)cc1. The van der Waals surface area contributed by atoms with Crippen LogP contribution in [0.5, 0.6) is 0 Å². The predicted molar refractivity (Wildman–Crippen MR) is 72.3 cm³/mol. The third kappa shape index (κ3) is 4.20. The summed E-state index contributed by atoms with van der Waals surface area (Å²) >= 11 is 5.85. The molecular formula is C15H16ClN. The first-order valence-electron chi connectivity index (χ1n) is 5.98. The van der Waals surface area contributed by atoms with Crippen LogP contribution in [0, 0.1) is 0 Å². The number of benzene rings is 1. The van der Waals surface area contributed by atoms with Crippen LogP contribution in [0.2, 0.25) is 5.02 Å². The van der Waals surface area contributed by atoms with Crippen molar-refractivity contribution in [1.82, 2.24) is 4.98 Å². The van der Waals surface area contributed by atoms with Crippen molar-refractivity contribution >= 4 is 11.6 Å². The Hall–Kier alpha value is -1.34. The van der Waals surface area contributed by atoms with Crippen LogP contribution in [0.1, 0.15) is 24.0 Å². The van der Waals surface area contributed by atoms with Gasteiger partial charge in [-0.1, -0.05) is 23.7 Å². The highest BCUT2D eigenvalue weighted by atomic mass is 35.5. The minimum atomic E-state index is 0.811. The van der Waals surface area contributed by atoms with E-state index in [9.17, 15) is 0 Å². The molecule has 88 valence electrons. The number of nitrogens with zero attached hydrogens (tertiary/aromatic N) is 1. The van der Waals surface area contributed by atoms with Crippen LogP contribution in [0.4, 0.5) is 0 Å². The number of aromatic nitrogens is 1. The van der Waals surface area contributed by atoms with Gasteiger partial charge in [0.15, 0.2) is 0 Å². The molecule has 0 amide bonds. The molecule has 0 N–H and O–H groups in total. The molecule has 0 radical (unpaired) electrons. The summed E-state index contributed by atoms with van der Waals surface area (Å²) in [6, 6.07) is 12.3. The lowest BCUT2D eigenvalue weighted by Gasteiger charge is -2.02. The highest BCUT2D eigenvalue weighted by Crippen LogP contribution is 2.12. The van der Waals surface area contributed by atoms with Crippen LogP contribution < -0.4 is 0 Å². The number of aryl methyl sites for hydroxylation is 2. The third-order valence-electron chi connectivity index (χ3n) is 2.84. The number of pyridine rings is 1. The molecule has 0 aliphatic carbocycles. The van der Waals surface area contributed by atoms with Gasteiger partial charge in [0.05, 0.1) is 0 Å². The van der Waals surface area contributed by atoms with Gasteiger partial charge in [0.25, 0.3) is 0 Å². The Labute approximate surface area is 107 Å². The van der Waals surface area contributed by atoms with Crippen molar-refractivity contribution in [3.63, 3.8) is 0 Å². The standard InChI is InChI=1S/C15H16ClN/c16-15-7-5-13(6-8-15)3-1-2-4-14-9-11-17-12-10-14/h5-12H,1-4H2. The second-order valence-electron chi connectivity index (χ2n) is 4.19. The average molecular weight is 246 g/mol. The maximum atomic E-state index is 5.85. The van der Waals surface area contributed by atoms with Gasteiger partial charge in [-0.2, -0.15) is 0 Å². The van der Waals surface area contributed by atoms with Crippen molar-refractivity contribution in [3.8, 4) is 0 Å². The van der Waals surface area contributed by atoms with Crippen LogP contribution in [-0.4, -0.2) is 4.98 Å². The third-order valence-corrected chi connectivity index (χ3v) is 3.10. The number of rotatable bonds is 5. The van der Waals surface area contributed by atoms with Crippen molar-refractivity contribution in [3.05, 3.63) is 64.9 Å². The van der Waals surface area contributed by atoms with E-state index in [2.05, 4.69) is 29.2 Å². The lowest BCUT2D eigenvalue weighted by Crippen LogP contribution is -1.89. The fraction of sp³-hybridized carbons (Fsp3) is 0.267. The molecule has 0 fully saturated rings. The van der Waals surface area contributed by atoms with Crippen LogP contribution in [0.25, 0.3) is 0 Å².